The molecular formula is C20H19BrN2OS2. The van der Waals surface area contributed by atoms with Crippen molar-refractivity contribution in [2.24, 2.45) is 0 Å². The fourth-order valence-electron chi connectivity index (χ4n) is 2.58. The summed E-state index contributed by atoms with van der Waals surface area (Å²) < 4.78 is 1.95. The largest absolute Gasteiger partial charge is 0.325 e. The first-order chi connectivity index (χ1) is 12.6. The molecule has 3 rings (SSSR count). The Bertz CT molecular complexity index is 906. The van der Waals surface area contributed by atoms with E-state index in [1.807, 2.05) is 48.7 Å². The molecule has 0 spiro atoms. The molecule has 0 radical (unpaired) electrons. The fourth-order valence-corrected chi connectivity index (χ4v) is 4.48. The van der Waals surface area contributed by atoms with Crippen LogP contribution in [0.2, 0.25) is 0 Å². The summed E-state index contributed by atoms with van der Waals surface area (Å²) >= 11 is 6.48. The average Bonchev–Trinajstić information content (AvgIpc) is 3.11. The van der Waals surface area contributed by atoms with Gasteiger partial charge in [-0.05, 0) is 36.6 Å². The minimum Gasteiger partial charge on any atom is -0.325 e. The van der Waals surface area contributed by atoms with Crippen LogP contribution in [-0.4, -0.2) is 16.6 Å². The Morgan fingerprint density at radius 1 is 1.23 bits per heavy atom. The summed E-state index contributed by atoms with van der Waals surface area (Å²) in [5.74, 6) is 0.351. The van der Waals surface area contributed by atoms with E-state index >= 15 is 0 Å². The second-order valence-corrected chi connectivity index (χ2v) is 8.80. The van der Waals surface area contributed by atoms with Crippen LogP contribution in [-0.2, 0) is 11.2 Å². The number of amides is 1. The molecule has 0 saturated carbocycles. The minimum atomic E-state index is -0.000563. The number of hydrogen-bond acceptors (Lipinski definition) is 4. The van der Waals surface area contributed by atoms with Crippen molar-refractivity contribution in [3.8, 4) is 11.3 Å². The number of nitrogens with zero attached hydrogens (tertiary/aromatic N) is 1. The number of thioether (sulfide) groups is 1. The quantitative estimate of drug-likeness (QED) is 0.459. The summed E-state index contributed by atoms with van der Waals surface area (Å²) in [6.45, 7) is 4.12. The molecule has 1 heterocycles. The number of rotatable bonds is 6. The number of anilines is 1. The summed E-state index contributed by atoms with van der Waals surface area (Å²) in [6, 6.07) is 14.2. The molecule has 0 atom stereocenters. The highest BCUT2D eigenvalue weighted by molar-refractivity contribution is 9.10. The van der Waals surface area contributed by atoms with E-state index in [0.29, 0.717) is 5.75 Å². The highest BCUT2D eigenvalue weighted by Gasteiger charge is 2.11. The Morgan fingerprint density at radius 2 is 2.00 bits per heavy atom. The number of halogens is 1. The molecule has 1 N–H and O–H groups in total. The number of aromatic nitrogens is 1. The van der Waals surface area contributed by atoms with Gasteiger partial charge in [0.05, 0.1) is 11.4 Å². The molecule has 0 saturated heterocycles. The third kappa shape index (κ3) is 4.75. The molecule has 0 aliphatic heterocycles. The highest BCUT2D eigenvalue weighted by atomic mass is 79.9. The lowest BCUT2D eigenvalue weighted by atomic mass is 10.1. The molecule has 1 aromatic heterocycles. The van der Waals surface area contributed by atoms with Crippen molar-refractivity contribution in [1.82, 2.24) is 4.98 Å². The predicted octanol–water partition coefficient (Wildman–Crippen LogP) is 6.17. The predicted molar refractivity (Wildman–Crippen MR) is 115 cm³/mol. The molecule has 0 bridgehead atoms. The summed E-state index contributed by atoms with van der Waals surface area (Å²) in [6.07, 6.45) is 0.896. The molecule has 1 amide bonds. The third-order valence-electron chi connectivity index (χ3n) is 3.95. The molecular weight excluding hydrogens is 428 g/mol. The second kappa shape index (κ2) is 8.84. The van der Waals surface area contributed by atoms with Gasteiger partial charge in [-0.1, -0.05) is 64.9 Å². The molecule has 0 aliphatic carbocycles. The number of carbonyl (C=O) groups excluding carboxylic acids is 1. The monoisotopic (exact) mass is 446 g/mol. The van der Waals surface area contributed by atoms with Gasteiger partial charge in [0.1, 0.15) is 0 Å². The smallest absolute Gasteiger partial charge is 0.234 e. The topological polar surface area (TPSA) is 42.0 Å². The number of hydrogen-bond donors (Lipinski definition) is 1. The van der Waals surface area contributed by atoms with Gasteiger partial charge in [-0.25, -0.2) is 4.98 Å². The van der Waals surface area contributed by atoms with E-state index in [1.165, 1.54) is 11.8 Å². The van der Waals surface area contributed by atoms with Crippen LogP contribution in [0.5, 0.6) is 0 Å². The van der Waals surface area contributed by atoms with Crippen LogP contribution in [0.25, 0.3) is 11.3 Å². The summed E-state index contributed by atoms with van der Waals surface area (Å²) in [5, 5.41) is 5.08. The lowest BCUT2D eigenvalue weighted by Gasteiger charge is -2.12. The van der Waals surface area contributed by atoms with Crippen molar-refractivity contribution in [2.45, 2.75) is 24.6 Å². The number of thiazole rings is 1. The minimum absolute atomic E-state index is 0.000563. The van der Waals surface area contributed by atoms with Gasteiger partial charge in [0.2, 0.25) is 5.91 Å². The van der Waals surface area contributed by atoms with E-state index in [2.05, 4.69) is 39.2 Å². The highest BCUT2D eigenvalue weighted by Crippen LogP contribution is 2.29. The maximum absolute atomic E-state index is 12.4. The summed E-state index contributed by atoms with van der Waals surface area (Å²) in [7, 11) is 0. The van der Waals surface area contributed by atoms with Crippen molar-refractivity contribution in [3.05, 3.63) is 63.4 Å². The summed E-state index contributed by atoms with van der Waals surface area (Å²) in [5.41, 5.74) is 5.21. The van der Waals surface area contributed by atoms with Gasteiger partial charge in [-0.2, -0.15) is 0 Å². The molecule has 3 nitrogen and oxygen atoms in total. The first-order valence-electron chi connectivity index (χ1n) is 8.29. The Hall–Kier alpha value is -1.63. The SMILES string of the molecule is CCc1cccc(C)c1NC(=O)CSc1nc(-c2ccc(Br)cc2)cs1. The van der Waals surface area contributed by atoms with Crippen LogP contribution in [0.3, 0.4) is 0 Å². The first kappa shape index (κ1) is 19.1. The van der Waals surface area contributed by atoms with Crippen molar-refractivity contribution >= 4 is 50.6 Å². The molecule has 3 aromatic rings. The molecule has 0 fully saturated rings. The van der Waals surface area contributed by atoms with E-state index < -0.39 is 0 Å². The van der Waals surface area contributed by atoms with E-state index in [9.17, 15) is 4.79 Å². The van der Waals surface area contributed by atoms with Gasteiger partial charge in [0.25, 0.3) is 0 Å². The number of benzene rings is 2. The van der Waals surface area contributed by atoms with Crippen molar-refractivity contribution in [2.75, 3.05) is 11.1 Å². The summed E-state index contributed by atoms with van der Waals surface area (Å²) in [4.78, 5) is 17.0. The van der Waals surface area contributed by atoms with Crippen LogP contribution in [0.15, 0.2) is 56.7 Å². The molecule has 134 valence electrons. The van der Waals surface area contributed by atoms with Crippen LogP contribution < -0.4 is 5.32 Å². The Balaban J connectivity index is 1.61. The zero-order valence-electron chi connectivity index (χ0n) is 14.6. The Morgan fingerprint density at radius 3 is 2.73 bits per heavy atom. The second-order valence-electron chi connectivity index (χ2n) is 5.80. The standard InChI is InChI=1S/C20H19BrN2OS2/c1-3-14-6-4-5-13(2)19(14)23-18(24)12-26-20-22-17(11-25-20)15-7-9-16(21)10-8-15/h4-11H,3,12H2,1-2H3,(H,23,24). The number of para-hydroxylation sites is 1. The maximum atomic E-state index is 12.4. The number of nitrogens with one attached hydrogen (secondary N) is 1. The zero-order valence-corrected chi connectivity index (χ0v) is 17.8. The Kier molecular flexibility index (Phi) is 6.51. The lowest BCUT2D eigenvalue weighted by molar-refractivity contribution is -0.113. The molecule has 2 aromatic carbocycles. The molecule has 0 unspecified atom stereocenters. The normalized spacial score (nSPS) is 10.7. The van der Waals surface area contributed by atoms with Crippen LogP contribution in [0.4, 0.5) is 5.69 Å². The number of aryl methyl sites for hydroxylation is 2. The van der Waals surface area contributed by atoms with Gasteiger partial charge in [-0.15, -0.1) is 11.3 Å². The molecule has 0 aliphatic rings. The zero-order chi connectivity index (χ0) is 18.5. The first-order valence-corrected chi connectivity index (χ1v) is 10.9. The van der Waals surface area contributed by atoms with E-state index in [-0.39, 0.29) is 5.91 Å². The van der Waals surface area contributed by atoms with Gasteiger partial charge in [-0.3, -0.25) is 4.79 Å². The van der Waals surface area contributed by atoms with Crippen molar-refractivity contribution in [1.29, 1.82) is 0 Å². The fraction of sp³-hybridized carbons (Fsp3) is 0.200. The van der Waals surface area contributed by atoms with Crippen LogP contribution in [0, 0.1) is 6.92 Å². The van der Waals surface area contributed by atoms with Crippen molar-refractivity contribution in [3.63, 3.8) is 0 Å². The Labute approximate surface area is 170 Å². The van der Waals surface area contributed by atoms with E-state index in [4.69, 9.17) is 0 Å². The lowest BCUT2D eigenvalue weighted by Crippen LogP contribution is -2.16. The van der Waals surface area contributed by atoms with E-state index in [1.54, 1.807) is 11.3 Å². The third-order valence-corrected chi connectivity index (χ3v) is 6.50. The van der Waals surface area contributed by atoms with E-state index in [0.717, 1.165) is 43.3 Å². The van der Waals surface area contributed by atoms with Crippen LogP contribution >= 0.6 is 39.0 Å². The van der Waals surface area contributed by atoms with Crippen molar-refractivity contribution < 1.29 is 4.79 Å². The van der Waals surface area contributed by atoms with Crippen LogP contribution in [0.1, 0.15) is 18.1 Å². The average molecular weight is 447 g/mol. The van der Waals surface area contributed by atoms with Gasteiger partial charge < -0.3 is 5.32 Å². The van der Waals surface area contributed by atoms with Gasteiger partial charge >= 0.3 is 0 Å². The van der Waals surface area contributed by atoms with Gasteiger partial charge in [0, 0.05) is 21.1 Å². The number of carbonyl (C=O) groups is 1. The van der Waals surface area contributed by atoms with Gasteiger partial charge in [0.15, 0.2) is 4.34 Å². The molecule has 6 heteroatoms. The molecule has 26 heavy (non-hydrogen) atoms. The maximum Gasteiger partial charge on any atom is 0.234 e.